The number of piperazine rings is 2. The first-order valence-electron chi connectivity index (χ1n) is 13.2. The Morgan fingerprint density at radius 1 is 0.771 bits per heavy atom. The van der Waals surface area contributed by atoms with Crippen LogP contribution in [0, 0.1) is 5.92 Å². The van der Waals surface area contributed by atoms with Gasteiger partial charge in [0.2, 0.25) is 0 Å². The SMILES string of the molecule is O=C1NC[C@H](CCCCN2CCN(Cc3ccccc3)C(=O)C2=O)N(CCC2CCCCC2)C1=O. The molecule has 0 aromatic heterocycles. The Labute approximate surface area is 208 Å². The lowest BCUT2D eigenvalue weighted by Gasteiger charge is -2.37. The van der Waals surface area contributed by atoms with Crippen LogP contribution < -0.4 is 5.32 Å². The lowest BCUT2D eigenvalue weighted by molar-refractivity contribution is -0.156. The summed E-state index contributed by atoms with van der Waals surface area (Å²) in [7, 11) is 0. The summed E-state index contributed by atoms with van der Waals surface area (Å²) in [6.45, 7) is 3.22. The van der Waals surface area contributed by atoms with Crippen molar-refractivity contribution in [2.45, 2.75) is 70.4 Å². The summed E-state index contributed by atoms with van der Waals surface area (Å²) < 4.78 is 0. The second kappa shape index (κ2) is 12.2. The molecule has 0 radical (unpaired) electrons. The van der Waals surface area contributed by atoms with E-state index in [0.29, 0.717) is 45.2 Å². The number of rotatable bonds is 10. The van der Waals surface area contributed by atoms with Crippen molar-refractivity contribution in [3.05, 3.63) is 35.9 Å². The standard InChI is InChI=1S/C27H38N4O4/c32-24-25(33)31(16-14-21-9-3-1-4-10-21)23(19-28-24)13-7-8-15-29-17-18-30(27(35)26(29)34)20-22-11-5-2-6-12-22/h2,5-6,11-12,21,23H,1,3-4,7-10,13-20H2,(H,28,32)/t23-/m0/s1. The molecule has 1 aromatic rings. The van der Waals surface area contributed by atoms with Crippen LogP contribution in [0.3, 0.4) is 0 Å². The quantitative estimate of drug-likeness (QED) is 0.409. The summed E-state index contributed by atoms with van der Waals surface area (Å²) in [5.41, 5.74) is 1.02. The molecule has 3 fully saturated rings. The van der Waals surface area contributed by atoms with Crippen LogP contribution >= 0.6 is 0 Å². The number of hydrogen-bond donors (Lipinski definition) is 1. The molecule has 4 amide bonds. The first kappa shape index (κ1) is 25.2. The molecule has 190 valence electrons. The van der Waals surface area contributed by atoms with Crippen LogP contribution in [0.15, 0.2) is 30.3 Å². The molecule has 8 heteroatoms. The average molecular weight is 483 g/mol. The number of hydrogen-bond acceptors (Lipinski definition) is 4. The first-order chi connectivity index (χ1) is 17.0. The van der Waals surface area contributed by atoms with Gasteiger partial charge in [0.25, 0.3) is 0 Å². The van der Waals surface area contributed by atoms with Gasteiger partial charge in [0.1, 0.15) is 0 Å². The third-order valence-corrected chi connectivity index (χ3v) is 7.73. The smallest absolute Gasteiger partial charge is 0.312 e. The van der Waals surface area contributed by atoms with Gasteiger partial charge in [-0.3, -0.25) is 19.2 Å². The zero-order chi connectivity index (χ0) is 24.6. The molecular formula is C27H38N4O4. The number of nitrogens with one attached hydrogen (secondary N) is 1. The minimum Gasteiger partial charge on any atom is -0.346 e. The fraction of sp³-hybridized carbons (Fsp3) is 0.630. The van der Waals surface area contributed by atoms with Crippen LogP contribution in [-0.4, -0.2) is 77.1 Å². The summed E-state index contributed by atoms with van der Waals surface area (Å²) in [5.74, 6) is -1.11. The highest BCUT2D eigenvalue weighted by atomic mass is 16.2. The normalized spacial score (nSPS) is 22.1. The molecule has 1 N–H and O–H groups in total. The molecule has 2 heterocycles. The fourth-order valence-corrected chi connectivity index (χ4v) is 5.60. The number of amides is 4. The number of nitrogens with zero attached hydrogens (tertiary/aromatic N) is 3. The van der Waals surface area contributed by atoms with Crippen molar-refractivity contribution in [2.75, 3.05) is 32.7 Å². The van der Waals surface area contributed by atoms with Crippen molar-refractivity contribution in [2.24, 2.45) is 5.92 Å². The third-order valence-electron chi connectivity index (χ3n) is 7.73. The van der Waals surface area contributed by atoms with E-state index in [4.69, 9.17) is 0 Å². The Kier molecular flexibility index (Phi) is 8.77. The van der Waals surface area contributed by atoms with Gasteiger partial charge in [0.05, 0.1) is 0 Å². The third kappa shape index (κ3) is 6.61. The largest absolute Gasteiger partial charge is 0.346 e. The van der Waals surface area contributed by atoms with Gasteiger partial charge in [-0.15, -0.1) is 0 Å². The molecule has 3 aliphatic rings. The molecule has 1 saturated carbocycles. The zero-order valence-electron chi connectivity index (χ0n) is 20.6. The predicted octanol–water partition coefficient (Wildman–Crippen LogP) is 2.33. The summed E-state index contributed by atoms with van der Waals surface area (Å²) in [6.07, 6.45) is 9.65. The molecule has 4 rings (SSSR count). The van der Waals surface area contributed by atoms with Crippen molar-refractivity contribution in [1.29, 1.82) is 0 Å². The summed E-state index contributed by atoms with van der Waals surface area (Å²) in [4.78, 5) is 54.8. The van der Waals surface area contributed by atoms with Crippen molar-refractivity contribution in [3.63, 3.8) is 0 Å². The van der Waals surface area contributed by atoms with Crippen molar-refractivity contribution >= 4 is 23.6 Å². The van der Waals surface area contributed by atoms with E-state index in [1.807, 2.05) is 30.3 Å². The van der Waals surface area contributed by atoms with E-state index >= 15 is 0 Å². The maximum absolute atomic E-state index is 12.6. The molecule has 2 saturated heterocycles. The highest BCUT2D eigenvalue weighted by Gasteiger charge is 2.34. The van der Waals surface area contributed by atoms with Gasteiger partial charge in [-0.05, 0) is 37.2 Å². The lowest BCUT2D eigenvalue weighted by Crippen LogP contribution is -2.58. The van der Waals surface area contributed by atoms with Crippen LogP contribution in [0.2, 0.25) is 0 Å². The van der Waals surface area contributed by atoms with Crippen LogP contribution in [0.1, 0.15) is 63.4 Å². The molecule has 35 heavy (non-hydrogen) atoms. The van der Waals surface area contributed by atoms with Gasteiger partial charge in [-0.2, -0.15) is 0 Å². The maximum Gasteiger partial charge on any atom is 0.312 e. The van der Waals surface area contributed by atoms with Gasteiger partial charge in [-0.25, -0.2) is 0 Å². The van der Waals surface area contributed by atoms with E-state index < -0.39 is 23.6 Å². The molecule has 1 aliphatic carbocycles. The molecular weight excluding hydrogens is 444 g/mol. The lowest BCUT2D eigenvalue weighted by atomic mass is 9.86. The Morgan fingerprint density at radius 2 is 1.49 bits per heavy atom. The number of unbranched alkanes of at least 4 members (excludes halogenated alkanes) is 1. The Balaban J connectivity index is 1.21. The van der Waals surface area contributed by atoms with Gasteiger partial charge in [0, 0.05) is 45.3 Å². The van der Waals surface area contributed by atoms with Crippen LogP contribution in [0.25, 0.3) is 0 Å². The number of carbonyl (C=O) groups is 4. The van der Waals surface area contributed by atoms with Crippen molar-refractivity contribution in [3.8, 4) is 0 Å². The molecule has 8 nitrogen and oxygen atoms in total. The average Bonchev–Trinajstić information content (AvgIpc) is 2.88. The highest BCUT2D eigenvalue weighted by molar-refractivity contribution is 6.36. The minimum absolute atomic E-state index is 0.00356. The highest BCUT2D eigenvalue weighted by Crippen LogP contribution is 2.27. The van der Waals surface area contributed by atoms with E-state index in [9.17, 15) is 19.2 Å². The van der Waals surface area contributed by atoms with Gasteiger partial charge >= 0.3 is 23.6 Å². The zero-order valence-corrected chi connectivity index (χ0v) is 20.6. The molecule has 0 unspecified atom stereocenters. The van der Waals surface area contributed by atoms with Gasteiger partial charge in [-0.1, -0.05) is 62.4 Å². The predicted molar refractivity (Wildman–Crippen MR) is 132 cm³/mol. The summed E-state index contributed by atoms with van der Waals surface area (Å²) in [5, 5.41) is 2.73. The molecule has 1 atom stereocenters. The molecule has 0 bridgehead atoms. The van der Waals surface area contributed by atoms with Crippen LogP contribution in [-0.2, 0) is 25.7 Å². The molecule has 2 aliphatic heterocycles. The minimum atomic E-state index is -0.498. The Morgan fingerprint density at radius 3 is 2.26 bits per heavy atom. The number of benzene rings is 1. The van der Waals surface area contributed by atoms with Crippen LogP contribution in [0.4, 0.5) is 0 Å². The van der Waals surface area contributed by atoms with Gasteiger partial charge in [0.15, 0.2) is 0 Å². The number of carbonyl (C=O) groups excluding carboxylic acids is 4. The van der Waals surface area contributed by atoms with Gasteiger partial charge < -0.3 is 20.0 Å². The van der Waals surface area contributed by atoms with E-state index in [2.05, 4.69) is 5.32 Å². The van der Waals surface area contributed by atoms with E-state index in [0.717, 1.165) is 31.2 Å². The Hall–Kier alpha value is -2.90. The molecule has 0 spiro atoms. The van der Waals surface area contributed by atoms with E-state index in [-0.39, 0.29) is 6.04 Å². The molecule has 1 aromatic carbocycles. The Bertz CT molecular complexity index is 900. The topological polar surface area (TPSA) is 90.0 Å². The second-order valence-electron chi connectivity index (χ2n) is 10.2. The monoisotopic (exact) mass is 482 g/mol. The van der Waals surface area contributed by atoms with Crippen molar-refractivity contribution < 1.29 is 19.2 Å². The fourth-order valence-electron chi connectivity index (χ4n) is 5.60. The van der Waals surface area contributed by atoms with Crippen LogP contribution in [0.5, 0.6) is 0 Å². The summed E-state index contributed by atoms with van der Waals surface area (Å²) in [6, 6.07) is 9.72. The maximum atomic E-state index is 12.6. The van der Waals surface area contributed by atoms with Crippen molar-refractivity contribution in [1.82, 2.24) is 20.0 Å². The van der Waals surface area contributed by atoms with E-state index in [1.54, 1.807) is 14.7 Å². The summed E-state index contributed by atoms with van der Waals surface area (Å²) >= 11 is 0. The van der Waals surface area contributed by atoms with E-state index in [1.165, 1.54) is 32.1 Å². The second-order valence-corrected chi connectivity index (χ2v) is 10.2. The first-order valence-corrected chi connectivity index (χ1v) is 13.2.